The van der Waals surface area contributed by atoms with E-state index in [-0.39, 0.29) is 5.69 Å². The van der Waals surface area contributed by atoms with Crippen LogP contribution in [0.2, 0.25) is 0 Å². The number of aromatic nitrogens is 6. The molecular weight excluding hydrogens is 346 g/mol. The van der Waals surface area contributed by atoms with Crippen LogP contribution >= 0.6 is 0 Å². The number of carboxylic acids is 1. The number of hydrogen-bond donors (Lipinski definition) is 1. The monoisotopic (exact) mass is 367 g/mol. The molecule has 1 fully saturated rings. The summed E-state index contributed by atoms with van der Waals surface area (Å²) in [6.45, 7) is 2.21. The third kappa shape index (κ3) is 3.53. The molecule has 9 heteroatoms. The molecule has 0 amide bonds. The van der Waals surface area contributed by atoms with Gasteiger partial charge in [-0.15, -0.1) is 10.2 Å². The van der Waals surface area contributed by atoms with Crippen molar-refractivity contribution < 1.29 is 9.90 Å². The Morgan fingerprint density at radius 2 is 2.04 bits per heavy atom. The minimum atomic E-state index is -1.00. The van der Waals surface area contributed by atoms with Gasteiger partial charge in [0, 0.05) is 38.4 Å². The van der Waals surface area contributed by atoms with Gasteiger partial charge in [-0.25, -0.2) is 9.78 Å². The fourth-order valence-electron chi connectivity index (χ4n) is 3.49. The van der Waals surface area contributed by atoms with Crippen molar-refractivity contribution in [3.8, 4) is 0 Å². The van der Waals surface area contributed by atoms with Crippen LogP contribution in [0.25, 0.3) is 0 Å². The first kappa shape index (κ1) is 17.2. The summed E-state index contributed by atoms with van der Waals surface area (Å²) in [4.78, 5) is 17.5. The lowest BCUT2D eigenvalue weighted by Crippen LogP contribution is -2.34. The van der Waals surface area contributed by atoms with Crippen molar-refractivity contribution >= 4 is 11.8 Å². The first-order valence-corrected chi connectivity index (χ1v) is 8.92. The largest absolute Gasteiger partial charge is 0.477 e. The SMILES string of the molecule is Cn1c(Cn2cccn2)nnc1C1CCN(c2cccc(C(=O)O)n2)CC1. The van der Waals surface area contributed by atoms with Crippen LogP contribution < -0.4 is 4.90 Å². The second-order valence-corrected chi connectivity index (χ2v) is 6.68. The highest BCUT2D eigenvalue weighted by Crippen LogP contribution is 2.29. The highest BCUT2D eigenvalue weighted by atomic mass is 16.4. The van der Waals surface area contributed by atoms with Crippen molar-refractivity contribution in [1.82, 2.24) is 29.5 Å². The minimum Gasteiger partial charge on any atom is -0.477 e. The third-order valence-electron chi connectivity index (χ3n) is 5.00. The van der Waals surface area contributed by atoms with Crippen molar-refractivity contribution in [3.63, 3.8) is 0 Å². The van der Waals surface area contributed by atoms with Crippen molar-refractivity contribution in [2.75, 3.05) is 18.0 Å². The number of carbonyl (C=O) groups is 1. The van der Waals surface area contributed by atoms with E-state index in [0.717, 1.165) is 37.6 Å². The number of carboxylic acid groups (broad SMARTS) is 1. The Kier molecular flexibility index (Phi) is 4.57. The van der Waals surface area contributed by atoms with E-state index < -0.39 is 5.97 Å². The smallest absolute Gasteiger partial charge is 0.354 e. The molecule has 0 radical (unpaired) electrons. The van der Waals surface area contributed by atoms with Gasteiger partial charge in [-0.05, 0) is 31.0 Å². The Labute approximate surface area is 156 Å². The van der Waals surface area contributed by atoms with Crippen molar-refractivity contribution in [2.45, 2.75) is 25.3 Å². The summed E-state index contributed by atoms with van der Waals surface area (Å²) in [5, 5.41) is 22.1. The molecule has 1 N–H and O–H groups in total. The van der Waals surface area contributed by atoms with Gasteiger partial charge >= 0.3 is 5.97 Å². The Balaban J connectivity index is 1.43. The van der Waals surface area contributed by atoms with E-state index in [9.17, 15) is 4.79 Å². The maximum absolute atomic E-state index is 11.1. The highest BCUT2D eigenvalue weighted by molar-refractivity contribution is 5.85. The van der Waals surface area contributed by atoms with Gasteiger partial charge in [0.05, 0.1) is 0 Å². The number of anilines is 1. The predicted octanol–water partition coefficient (Wildman–Crippen LogP) is 1.54. The molecule has 0 bridgehead atoms. The van der Waals surface area contributed by atoms with E-state index in [1.54, 1.807) is 12.3 Å². The molecule has 27 heavy (non-hydrogen) atoms. The second kappa shape index (κ2) is 7.18. The van der Waals surface area contributed by atoms with Gasteiger partial charge in [0.15, 0.2) is 11.5 Å². The summed E-state index contributed by atoms with van der Waals surface area (Å²) in [7, 11) is 2.00. The van der Waals surface area contributed by atoms with Gasteiger partial charge in [0.25, 0.3) is 0 Å². The lowest BCUT2D eigenvalue weighted by atomic mass is 9.96. The fraction of sp³-hybridized carbons (Fsp3) is 0.389. The number of piperidine rings is 1. The maximum atomic E-state index is 11.1. The van der Waals surface area contributed by atoms with E-state index >= 15 is 0 Å². The van der Waals surface area contributed by atoms with Crippen LogP contribution in [0.5, 0.6) is 0 Å². The molecule has 9 nitrogen and oxygen atoms in total. The normalized spacial score (nSPS) is 15.2. The quantitative estimate of drug-likeness (QED) is 0.730. The number of rotatable bonds is 5. The zero-order valence-electron chi connectivity index (χ0n) is 15.1. The fourth-order valence-corrected chi connectivity index (χ4v) is 3.49. The lowest BCUT2D eigenvalue weighted by molar-refractivity contribution is 0.0690. The van der Waals surface area contributed by atoms with Gasteiger partial charge in [0.2, 0.25) is 0 Å². The van der Waals surface area contributed by atoms with E-state index in [4.69, 9.17) is 5.11 Å². The Morgan fingerprint density at radius 1 is 1.22 bits per heavy atom. The number of nitrogens with zero attached hydrogens (tertiary/aromatic N) is 7. The third-order valence-corrected chi connectivity index (χ3v) is 5.00. The van der Waals surface area contributed by atoms with Gasteiger partial charge < -0.3 is 14.6 Å². The molecule has 4 rings (SSSR count). The summed E-state index contributed by atoms with van der Waals surface area (Å²) in [5.74, 6) is 1.91. The predicted molar refractivity (Wildman–Crippen MR) is 97.7 cm³/mol. The molecule has 0 atom stereocenters. The molecule has 1 aliphatic rings. The summed E-state index contributed by atoms with van der Waals surface area (Å²) in [6.07, 6.45) is 5.50. The molecule has 0 saturated carbocycles. The topological polar surface area (TPSA) is 102 Å². The van der Waals surface area contributed by atoms with E-state index in [2.05, 4.69) is 29.7 Å². The average molecular weight is 367 g/mol. The molecule has 0 aromatic carbocycles. The van der Waals surface area contributed by atoms with E-state index in [1.807, 2.05) is 30.1 Å². The molecule has 0 spiro atoms. The molecule has 1 aliphatic heterocycles. The van der Waals surface area contributed by atoms with Crippen LogP contribution in [-0.2, 0) is 13.6 Å². The molecule has 1 saturated heterocycles. The Hall–Kier alpha value is -3.23. The zero-order chi connectivity index (χ0) is 18.8. The molecular formula is C18H21N7O2. The molecule has 3 aromatic rings. The summed E-state index contributed by atoms with van der Waals surface area (Å²) in [5.41, 5.74) is 0.0752. The number of pyridine rings is 1. The van der Waals surface area contributed by atoms with E-state index in [0.29, 0.717) is 18.3 Å². The van der Waals surface area contributed by atoms with Crippen molar-refractivity contribution in [2.24, 2.45) is 7.05 Å². The van der Waals surface area contributed by atoms with Gasteiger partial charge in [-0.3, -0.25) is 4.68 Å². The number of hydrogen-bond acceptors (Lipinski definition) is 6. The van der Waals surface area contributed by atoms with Crippen LogP contribution in [0.1, 0.15) is 40.9 Å². The zero-order valence-corrected chi connectivity index (χ0v) is 15.1. The van der Waals surface area contributed by atoms with Crippen LogP contribution in [-0.4, -0.2) is 53.7 Å². The lowest BCUT2D eigenvalue weighted by Gasteiger charge is -2.32. The van der Waals surface area contributed by atoms with Crippen molar-refractivity contribution in [3.05, 3.63) is 54.0 Å². The standard InChI is InChI=1S/C18H21N7O2/c1-23-16(12-25-9-3-8-19-25)21-22-17(23)13-6-10-24(11-7-13)15-5-2-4-14(20-15)18(26)27/h2-5,8-9,13H,6-7,10-12H2,1H3,(H,26,27). The van der Waals surface area contributed by atoms with Crippen LogP contribution in [0.15, 0.2) is 36.7 Å². The average Bonchev–Trinajstić information content (AvgIpc) is 3.33. The highest BCUT2D eigenvalue weighted by Gasteiger charge is 2.26. The molecule has 0 aliphatic carbocycles. The second-order valence-electron chi connectivity index (χ2n) is 6.68. The van der Waals surface area contributed by atoms with Crippen molar-refractivity contribution in [1.29, 1.82) is 0 Å². The van der Waals surface area contributed by atoms with Gasteiger partial charge in [-0.1, -0.05) is 6.07 Å². The Morgan fingerprint density at radius 3 is 2.74 bits per heavy atom. The summed E-state index contributed by atoms with van der Waals surface area (Å²) < 4.78 is 3.89. The number of aromatic carboxylic acids is 1. The van der Waals surface area contributed by atoms with Crippen LogP contribution in [0.4, 0.5) is 5.82 Å². The molecule has 140 valence electrons. The maximum Gasteiger partial charge on any atom is 0.354 e. The van der Waals surface area contributed by atoms with E-state index in [1.165, 1.54) is 6.07 Å². The molecule has 0 unspecified atom stereocenters. The first-order valence-electron chi connectivity index (χ1n) is 8.92. The van der Waals surface area contributed by atoms with Gasteiger partial charge in [0.1, 0.15) is 18.2 Å². The molecule has 4 heterocycles. The van der Waals surface area contributed by atoms with Gasteiger partial charge in [-0.2, -0.15) is 5.10 Å². The summed E-state index contributed by atoms with van der Waals surface area (Å²) in [6, 6.07) is 7.00. The summed E-state index contributed by atoms with van der Waals surface area (Å²) >= 11 is 0. The molecule has 3 aromatic heterocycles. The van der Waals surface area contributed by atoms with Crippen LogP contribution in [0, 0.1) is 0 Å². The first-order chi connectivity index (χ1) is 13.1. The van der Waals surface area contributed by atoms with Crippen LogP contribution in [0.3, 0.4) is 0 Å². The minimum absolute atomic E-state index is 0.0752. The Bertz CT molecular complexity index is 927.